The van der Waals surface area contributed by atoms with E-state index < -0.39 is 28.5 Å². The van der Waals surface area contributed by atoms with Crippen LogP contribution in [-0.4, -0.2) is 57.0 Å². The zero-order chi connectivity index (χ0) is 29.6. The van der Waals surface area contributed by atoms with Crippen molar-refractivity contribution in [3.63, 3.8) is 0 Å². The van der Waals surface area contributed by atoms with Crippen LogP contribution < -0.4 is 19.1 Å². The van der Waals surface area contributed by atoms with Crippen LogP contribution in [0.1, 0.15) is 32.8 Å². The lowest BCUT2D eigenvalue weighted by Gasteiger charge is -2.32. The third-order valence-electron chi connectivity index (χ3n) is 6.83. The minimum absolute atomic E-state index is 0.0200. The molecule has 0 bridgehead atoms. The molecule has 0 fully saturated rings. The predicted octanol–water partition coefficient (Wildman–Crippen LogP) is 4.64. The van der Waals surface area contributed by atoms with Gasteiger partial charge in [-0.15, -0.1) is 0 Å². The van der Waals surface area contributed by atoms with E-state index in [0.717, 1.165) is 4.31 Å². The molecule has 1 heterocycles. The van der Waals surface area contributed by atoms with E-state index >= 15 is 0 Å². The molecule has 1 N–H and O–H groups in total. The molecule has 0 aliphatic carbocycles. The van der Waals surface area contributed by atoms with E-state index in [1.54, 1.807) is 67.6 Å². The van der Waals surface area contributed by atoms with Crippen LogP contribution in [0.5, 0.6) is 11.5 Å². The van der Waals surface area contributed by atoms with Gasteiger partial charge in [0.05, 0.1) is 10.6 Å². The van der Waals surface area contributed by atoms with E-state index in [1.165, 1.54) is 17.0 Å². The molecular formula is C30H34ClN3O6S. The molecular weight excluding hydrogens is 566 g/mol. The van der Waals surface area contributed by atoms with Crippen LogP contribution in [0.25, 0.3) is 0 Å². The summed E-state index contributed by atoms with van der Waals surface area (Å²) in [6, 6.07) is 18.6. The maximum absolute atomic E-state index is 14.0. The SMILES string of the molecule is CCC(C)NC(=O)C(C)N(Cc1cccc(Cl)c1)C(=O)CN(c1ccc2c(c1)OCCO2)S(=O)(=O)c1ccccc1. The van der Waals surface area contributed by atoms with Crippen molar-refractivity contribution in [2.45, 2.75) is 50.7 Å². The fourth-order valence-corrected chi connectivity index (χ4v) is 5.96. The quantitative estimate of drug-likeness (QED) is 0.344. The monoisotopic (exact) mass is 599 g/mol. The normalized spacial score (nSPS) is 14.0. The predicted molar refractivity (Wildman–Crippen MR) is 158 cm³/mol. The number of hydrogen-bond acceptors (Lipinski definition) is 6. The molecule has 2 atom stereocenters. The number of sulfonamides is 1. The van der Waals surface area contributed by atoms with Crippen LogP contribution >= 0.6 is 11.6 Å². The van der Waals surface area contributed by atoms with Crippen molar-refractivity contribution in [3.8, 4) is 11.5 Å². The summed E-state index contributed by atoms with van der Waals surface area (Å²) in [7, 11) is -4.19. The van der Waals surface area contributed by atoms with Gasteiger partial charge in [0.25, 0.3) is 10.0 Å². The van der Waals surface area contributed by atoms with E-state index in [9.17, 15) is 18.0 Å². The van der Waals surface area contributed by atoms with Gasteiger partial charge in [-0.2, -0.15) is 0 Å². The van der Waals surface area contributed by atoms with E-state index in [2.05, 4.69) is 5.32 Å². The number of carbonyl (C=O) groups is 2. The molecule has 1 aliphatic heterocycles. The summed E-state index contributed by atoms with van der Waals surface area (Å²) in [5.74, 6) is -0.0365. The Hall–Kier alpha value is -3.76. The lowest BCUT2D eigenvalue weighted by molar-refractivity contribution is -0.139. The fraction of sp³-hybridized carbons (Fsp3) is 0.333. The van der Waals surface area contributed by atoms with Crippen molar-refractivity contribution in [1.29, 1.82) is 0 Å². The molecule has 9 nitrogen and oxygen atoms in total. The fourth-order valence-electron chi connectivity index (χ4n) is 4.32. The second-order valence-electron chi connectivity index (χ2n) is 9.80. The van der Waals surface area contributed by atoms with Gasteiger partial charge in [-0.1, -0.05) is 48.9 Å². The Morgan fingerprint density at radius 1 is 0.951 bits per heavy atom. The van der Waals surface area contributed by atoms with Crippen molar-refractivity contribution in [3.05, 3.63) is 83.4 Å². The lowest BCUT2D eigenvalue weighted by Crippen LogP contribution is -2.52. The molecule has 1 aliphatic rings. The van der Waals surface area contributed by atoms with Gasteiger partial charge in [0.15, 0.2) is 11.5 Å². The molecule has 218 valence electrons. The van der Waals surface area contributed by atoms with Crippen LogP contribution in [0.3, 0.4) is 0 Å². The van der Waals surface area contributed by atoms with Crippen LogP contribution in [0, 0.1) is 0 Å². The van der Waals surface area contributed by atoms with Gasteiger partial charge in [-0.3, -0.25) is 13.9 Å². The minimum atomic E-state index is -4.19. The van der Waals surface area contributed by atoms with Gasteiger partial charge in [0, 0.05) is 23.7 Å². The molecule has 11 heteroatoms. The number of carbonyl (C=O) groups excluding carboxylic acids is 2. The van der Waals surface area contributed by atoms with Gasteiger partial charge in [-0.25, -0.2) is 8.42 Å². The number of rotatable bonds is 11. The number of halogens is 1. The molecule has 0 radical (unpaired) electrons. The Balaban J connectivity index is 1.73. The third-order valence-corrected chi connectivity index (χ3v) is 8.86. The van der Waals surface area contributed by atoms with Gasteiger partial charge in [-0.05, 0) is 62.2 Å². The molecule has 0 saturated carbocycles. The van der Waals surface area contributed by atoms with Gasteiger partial charge >= 0.3 is 0 Å². The number of nitrogens with zero attached hydrogens (tertiary/aromatic N) is 2. The smallest absolute Gasteiger partial charge is 0.264 e. The highest BCUT2D eigenvalue weighted by Gasteiger charge is 2.33. The molecule has 3 aromatic carbocycles. The maximum Gasteiger partial charge on any atom is 0.264 e. The van der Waals surface area contributed by atoms with Crippen molar-refractivity contribution in [2.75, 3.05) is 24.1 Å². The Morgan fingerprint density at radius 3 is 2.34 bits per heavy atom. The number of nitrogens with one attached hydrogen (secondary N) is 1. The maximum atomic E-state index is 14.0. The molecule has 41 heavy (non-hydrogen) atoms. The first-order valence-corrected chi connectivity index (χ1v) is 15.2. The van der Waals surface area contributed by atoms with Crippen LogP contribution in [0.2, 0.25) is 5.02 Å². The topological polar surface area (TPSA) is 105 Å². The molecule has 4 rings (SSSR count). The zero-order valence-corrected chi connectivity index (χ0v) is 24.8. The number of fused-ring (bicyclic) bond motifs is 1. The van der Waals surface area contributed by atoms with E-state index in [1.807, 2.05) is 13.8 Å². The van der Waals surface area contributed by atoms with Crippen LogP contribution in [-0.2, 0) is 26.2 Å². The van der Waals surface area contributed by atoms with Gasteiger partial charge < -0.3 is 19.7 Å². The van der Waals surface area contributed by atoms with E-state index in [0.29, 0.717) is 41.7 Å². The van der Waals surface area contributed by atoms with E-state index in [4.69, 9.17) is 21.1 Å². The summed E-state index contributed by atoms with van der Waals surface area (Å²) >= 11 is 6.20. The Labute approximate surface area is 246 Å². The second kappa shape index (κ2) is 13.3. The van der Waals surface area contributed by atoms with E-state index in [-0.39, 0.29) is 29.1 Å². The van der Waals surface area contributed by atoms with Crippen molar-refractivity contribution in [1.82, 2.24) is 10.2 Å². The van der Waals surface area contributed by atoms with Crippen molar-refractivity contribution < 1.29 is 27.5 Å². The van der Waals surface area contributed by atoms with Gasteiger partial charge in [0.2, 0.25) is 11.8 Å². The zero-order valence-electron chi connectivity index (χ0n) is 23.2. The highest BCUT2D eigenvalue weighted by molar-refractivity contribution is 7.92. The minimum Gasteiger partial charge on any atom is -0.486 e. The summed E-state index contributed by atoms with van der Waals surface area (Å²) in [5, 5.41) is 3.40. The molecule has 3 aromatic rings. The number of hydrogen-bond donors (Lipinski definition) is 1. The first-order valence-electron chi connectivity index (χ1n) is 13.4. The summed E-state index contributed by atoms with van der Waals surface area (Å²) in [5.41, 5.74) is 0.928. The molecule has 2 amide bonds. The van der Waals surface area contributed by atoms with Crippen molar-refractivity contribution >= 4 is 39.1 Å². The molecule has 0 saturated heterocycles. The number of ether oxygens (including phenoxy) is 2. The van der Waals surface area contributed by atoms with Crippen molar-refractivity contribution in [2.24, 2.45) is 0 Å². The summed E-state index contributed by atoms with van der Waals surface area (Å²) in [4.78, 5) is 28.6. The third kappa shape index (κ3) is 7.31. The summed E-state index contributed by atoms with van der Waals surface area (Å²) < 4.78 is 40.2. The average Bonchev–Trinajstić information content (AvgIpc) is 2.98. The Morgan fingerprint density at radius 2 is 1.66 bits per heavy atom. The average molecular weight is 600 g/mol. The van der Waals surface area contributed by atoms with Crippen LogP contribution in [0.15, 0.2) is 77.7 Å². The lowest BCUT2D eigenvalue weighted by atomic mass is 10.1. The highest BCUT2D eigenvalue weighted by atomic mass is 35.5. The first kappa shape index (κ1) is 30.2. The largest absolute Gasteiger partial charge is 0.486 e. The summed E-state index contributed by atoms with van der Waals surface area (Å²) in [6.45, 7) is 5.64. The number of amides is 2. The highest BCUT2D eigenvalue weighted by Crippen LogP contribution is 2.36. The Bertz CT molecular complexity index is 1480. The molecule has 0 aromatic heterocycles. The molecule has 0 spiro atoms. The summed E-state index contributed by atoms with van der Waals surface area (Å²) in [6.07, 6.45) is 0.716. The number of anilines is 1. The second-order valence-corrected chi connectivity index (χ2v) is 12.1. The standard InChI is InChI=1S/C30H34ClN3O6S/c1-4-21(2)32-30(36)22(3)33(19-23-9-8-10-24(31)17-23)29(35)20-34(41(37,38)26-11-6-5-7-12-26)25-13-14-27-28(18-25)40-16-15-39-27/h5-14,17-18,21-22H,4,15-16,19-20H2,1-3H3,(H,32,36). The van der Waals surface area contributed by atoms with Gasteiger partial charge in [0.1, 0.15) is 25.8 Å². The number of benzene rings is 3. The first-order chi connectivity index (χ1) is 19.6. The molecule has 2 unspecified atom stereocenters. The van der Waals surface area contributed by atoms with Crippen LogP contribution in [0.4, 0.5) is 5.69 Å². The Kier molecular flexibility index (Phi) is 9.77.